The molecule has 0 aliphatic carbocycles. The van der Waals surface area contributed by atoms with E-state index in [1.807, 2.05) is 32.0 Å². The molecule has 0 fully saturated rings. The highest BCUT2D eigenvalue weighted by Gasteiger charge is 2.12. The Hall–Kier alpha value is -2.10. The molecule has 2 aromatic rings. The second-order valence-electron chi connectivity index (χ2n) is 4.09. The number of amides is 1. The van der Waals surface area contributed by atoms with Crippen LogP contribution in [0, 0.1) is 13.8 Å². The molecule has 0 aromatic carbocycles. The summed E-state index contributed by atoms with van der Waals surface area (Å²) in [5.74, 6) is -0.376. The van der Waals surface area contributed by atoms with Gasteiger partial charge in [-0.2, -0.15) is 0 Å². The lowest BCUT2D eigenvalue weighted by Crippen LogP contribution is -2.12. The summed E-state index contributed by atoms with van der Waals surface area (Å²) in [4.78, 5) is 15.2. The highest BCUT2D eigenvalue weighted by atomic mass is 16.1. The first-order valence-electron chi connectivity index (χ1n) is 5.45. The van der Waals surface area contributed by atoms with Crippen LogP contribution in [0.5, 0.6) is 0 Å². The molecule has 0 saturated heterocycles. The van der Waals surface area contributed by atoms with E-state index < -0.39 is 0 Å². The lowest BCUT2D eigenvalue weighted by molar-refractivity contribution is 0.0999. The zero-order chi connectivity index (χ0) is 12.4. The summed E-state index contributed by atoms with van der Waals surface area (Å²) in [7, 11) is 0. The molecule has 1 amide bonds. The molecule has 0 bridgehead atoms. The van der Waals surface area contributed by atoms with E-state index in [1.165, 1.54) is 0 Å². The summed E-state index contributed by atoms with van der Waals surface area (Å²) in [6.07, 6.45) is 3.52. The molecule has 0 aliphatic heterocycles. The van der Waals surface area contributed by atoms with Gasteiger partial charge in [-0.05, 0) is 37.6 Å². The number of aryl methyl sites for hydroxylation is 1. The van der Waals surface area contributed by atoms with Crippen LogP contribution >= 0.6 is 0 Å². The Labute approximate surface area is 100 Å². The minimum Gasteiger partial charge on any atom is -0.366 e. The van der Waals surface area contributed by atoms with Crippen LogP contribution in [0.3, 0.4) is 0 Å². The van der Waals surface area contributed by atoms with Crippen molar-refractivity contribution >= 4 is 5.91 Å². The van der Waals surface area contributed by atoms with Crippen molar-refractivity contribution in [2.24, 2.45) is 5.73 Å². The fourth-order valence-electron chi connectivity index (χ4n) is 1.96. The predicted molar refractivity (Wildman–Crippen MR) is 65.8 cm³/mol. The maximum atomic E-state index is 11.2. The largest absolute Gasteiger partial charge is 0.366 e. The third-order valence-corrected chi connectivity index (χ3v) is 2.93. The summed E-state index contributed by atoms with van der Waals surface area (Å²) in [6.45, 7) is 4.61. The van der Waals surface area contributed by atoms with Crippen LogP contribution in [0.15, 0.2) is 30.6 Å². The molecule has 0 spiro atoms. The second kappa shape index (κ2) is 4.41. The van der Waals surface area contributed by atoms with Crippen molar-refractivity contribution in [3.63, 3.8) is 0 Å². The van der Waals surface area contributed by atoms with Gasteiger partial charge in [0, 0.05) is 30.3 Å². The number of carbonyl (C=O) groups excluding carboxylic acids is 1. The molecule has 0 unspecified atom stereocenters. The van der Waals surface area contributed by atoms with Gasteiger partial charge in [0.05, 0.1) is 5.56 Å². The quantitative estimate of drug-likeness (QED) is 0.869. The summed E-state index contributed by atoms with van der Waals surface area (Å²) in [5.41, 5.74) is 9.02. The molecule has 4 nitrogen and oxygen atoms in total. The molecule has 2 N–H and O–H groups in total. The zero-order valence-corrected chi connectivity index (χ0v) is 9.97. The Morgan fingerprint density at radius 3 is 2.53 bits per heavy atom. The van der Waals surface area contributed by atoms with Crippen LogP contribution in [-0.4, -0.2) is 15.5 Å². The summed E-state index contributed by atoms with van der Waals surface area (Å²) in [6, 6.07) is 5.75. The number of carbonyl (C=O) groups is 1. The van der Waals surface area contributed by atoms with Crippen LogP contribution in [0.4, 0.5) is 0 Å². The molecule has 17 heavy (non-hydrogen) atoms. The molecule has 0 saturated carbocycles. The van der Waals surface area contributed by atoms with E-state index in [0.717, 1.165) is 23.5 Å². The molecule has 88 valence electrons. The second-order valence-corrected chi connectivity index (χ2v) is 4.09. The van der Waals surface area contributed by atoms with E-state index in [0.29, 0.717) is 5.56 Å². The van der Waals surface area contributed by atoms with Crippen molar-refractivity contribution in [3.8, 4) is 0 Å². The Morgan fingerprint density at radius 2 is 2.00 bits per heavy atom. The van der Waals surface area contributed by atoms with Gasteiger partial charge >= 0.3 is 0 Å². The number of hydrogen-bond acceptors (Lipinski definition) is 2. The molecule has 4 heteroatoms. The third kappa shape index (κ3) is 2.20. The molecular weight excluding hydrogens is 214 g/mol. The third-order valence-electron chi connectivity index (χ3n) is 2.93. The Morgan fingerprint density at radius 1 is 1.35 bits per heavy atom. The molecule has 0 atom stereocenters. The van der Waals surface area contributed by atoms with E-state index >= 15 is 0 Å². The summed E-state index contributed by atoms with van der Waals surface area (Å²) >= 11 is 0. The summed E-state index contributed by atoms with van der Waals surface area (Å²) in [5, 5.41) is 0. The van der Waals surface area contributed by atoms with Crippen molar-refractivity contribution in [2.45, 2.75) is 20.4 Å². The lowest BCUT2D eigenvalue weighted by Gasteiger charge is -2.09. The van der Waals surface area contributed by atoms with Crippen LogP contribution in [0.1, 0.15) is 27.3 Å². The van der Waals surface area contributed by atoms with Gasteiger partial charge in [0.1, 0.15) is 0 Å². The van der Waals surface area contributed by atoms with Crippen molar-refractivity contribution in [2.75, 3.05) is 0 Å². The van der Waals surface area contributed by atoms with Gasteiger partial charge < -0.3 is 10.3 Å². The average molecular weight is 229 g/mol. The number of nitrogens with two attached hydrogens (primary N) is 1. The fourth-order valence-corrected chi connectivity index (χ4v) is 1.96. The van der Waals surface area contributed by atoms with Gasteiger partial charge in [-0.15, -0.1) is 0 Å². The Balaban J connectivity index is 2.37. The Bertz CT molecular complexity index is 543. The van der Waals surface area contributed by atoms with Crippen LogP contribution < -0.4 is 5.73 Å². The number of aromatic nitrogens is 2. The number of hydrogen-bond donors (Lipinski definition) is 1. The van der Waals surface area contributed by atoms with Crippen LogP contribution in [0.25, 0.3) is 0 Å². The maximum absolute atomic E-state index is 11.2. The molecule has 2 heterocycles. The topological polar surface area (TPSA) is 60.9 Å². The highest BCUT2D eigenvalue weighted by Crippen LogP contribution is 2.16. The molecule has 0 aliphatic rings. The van der Waals surface area contributed by atoms with Gasteiger partial charge in [-0.25, -0.2) is 0 Å². The van der Waals surface area contributed by atoms with Crippen LogP contribution in [-0.2, 0) is 6.54 Å². The number of primary amides is 1. The monoisotopic (exact) mass is 229 g/mol. The van der Waals surface area contributed by atoms with Crippen molar-refractivity contribution in [1.29, 1.82) is 0 Å². The van der Waals surface area contributed by atoms with Gasteiger partial charge in [0.25, 0.3) is 5.91 Å². The normalized spacial score (nSPS) is 10.5. The SMILES string of the molecule is Cc1cc(C(N)=O)c(C)n1Cc1ccncc1. The maximum Gasteiger partial charge on any atom is 0.250 e. The van der Waals surface area contributed by atoms with E-state index in [1.54, 1.807) is 12.4 Å². The van der Waals surface area contributed by atoms with Gasteiger partial charge in [-0.1, -0.05) is 0 Å². The number of pyridine rings is 1. The molecule has 2 rings (SSSR count). The standard InChI is InChI=1S/C13H15N3O/c1-9-7-12(13(14)17)10(2)16(9)8-11-3-5-15-6-4-11/h3-7H,8H2,1-2H3,(H2,14,17). The fraction of sp³-hybridized carbons (Fsp3) is 0.231. The van der Waals surface area contributed by atoms with E-state index in [4.69, 9.17) is 5.73 Å². The van der Waals surface area contributed by atoms with E-state index in [9.17, 15) is 4.79 Å². The van der Waals surface area contributed by atoms with Crippen molar-refractivity contribution in [1.82, 2.24) is 9.55 Å². The van der Waals surface area contributed by atoms with E-state index in [-0.39, 0.29) is 5.91 Å². The highest BCUT2D eigenvalue weighted by molar-refractivity contribution is 5.94. The van der Waals surface area contributed by atoms with Gasteiger partial charge in [0.2, 0.25) is 0 Å². The minimum absolute atomic E-state index is 0.376. The molecule has 0 radical (unpaired) electrons. The summed E-state index contributed by atoms with van der Waals surface area (Å²) < 4.78 is 2.08. The van der Waals surface area contributed by atoms with Gasteiger partial charge in [-0.3, -0.25) is 9.78 Å². The first-order chi connectivity index (χ1) is 8.09. The smallest absolute Gasteiger partial charge is 0.250 e. The van der Waals surface area contributed by atoms with E-state index in [2.05, 4.69) is 9.55 Å². The lowest BCUT2D eigenvalue weighted by atomic mass is 10.2. The molecule has 2 aromatic heterocycles. The Kier molecular flexibility index (Phi) is 2.95. The van der Waals surface area contributed by atoms with Crippen molar-refractivity contribution in [3.05, 3.63) is 53.1 Å². The number of rotatable bonds is 3. The first kappa shape index (κ1) is 11.4. The average Bonchev–Trinajstić information content (AvgIpc) is 2.58. The van der Waals surface area contributed by atoms with Gasteiger partial charge in [0.15, 0.2) is 0 Å². The zero-order valence-electron chi connectivity index (χ0n) is 9.97. The predicted octanol–water partition coefficient (Wildman–Crippen LogP) is 1.65. The van der Waals surface area contributed by atoms with Crippen LogP contribution in [0.2, 0.25) is 0 Å². The first-order valence-corrected chi connectivity index (χ1v) is 5.45. The minimum atomic E-state index is -0.376. The van der Waals surface area contributed by atoms with Crippen molar-refractivity contribution < 1.29 is 4.79 Å². The number of nitrogens with zero attached hydrogens (tertiary/aromatic N) is 2. The molecular formula is C13H15N3O.